The summed E-state index contributed by atoms with van der Waals surface area (Å²) in [6.45, 7) is 10.5. The second-order valence-corrected chi connectivity index (χ2v) is 6.35. The Morgan fingerprint density at radius 3 is 2.78 bits per heavy atom. The maximum absolute atomic E-state index is 6.33. The van der Waals surface area contributed by atoms with Gasteiger partial charge in [-0.3, -0.25) is 4.68 Å². The molecule has 1 N–H and O–H groups in total. The fraction of sp³-hybridized carbons (Fsp3) is 0.786. The van der Waals surface area contributed by atoms with Crippen LogP contribution in [0.3, 0.4) is 0 Å². The summed E-state index contributed by atoms with van der Waals surface area (Å²) in [6.07, 6.45) is 3.90. The van der Waals surface area contributed by atoms with Crippen molar-refractivity contribution >= 4 is 11.6 Å². The van der Waals surface area contributed by atoms with Gasteiger partial charge >= 0.3 is 0 Å². The Labute approximate surface area is 115 Å². The number of hydrogen-bond donors (Lipinski definition) is 1. The molecule has 1 aliphatic rings. The summed E-state index contributed by atoms with van der Waals surface area (Å²) in [7, 11) is 0. The van der Waals surface area contributed by atoms with Crippen molar-refractivity contribution in [2.24, 2.45) is 5.41 Å². The van der Waals surface area contributed by atoms with Crippen LogP contribution in [0.2, 0.25) is 5.02 Å². The van der Waals surface area contributed by atoms with Gasteiger partial charge in [-0.1, -0.05) is 31.9 Å². The van der Waals surface area contributed by atoms with Crippen LogP contribution in [0.4, 0.5) is 0 Å². The van der Waals surface area contributed by atoms with Gasteiger partial charge in [-0.05, 0) is 32.1 Å². The Bertz CT molecular complexity index is 423. The average Bonchev–Trinajstić information content (AvgIpc) is 2.78. The summed E-state index contributed by atoms with van der Waals surface area (Å²) in [5.41, 5.74) is 2.46. The zero-order valence-electron chi connectivity index (χ0n) is 11.9. The van der Waals surface area contributed by atoms with Crippen molar-refractivity contribution < 1.29 is 0 Å². The van der Waals surface area contributed by atoms with Gasteiger partial charge in [-0.2, -0.15) is 5.10 Å². The van der Waals surface area contributed by atoms with Crippen LogP contribution in [-0.2, 0) is 13.1 Å². The molecule has 4 heteroatoms. The van der Waals surface area contributed by atoms with Crippen molar-refractivity contribution in [3.05, 3.63) is 16.4 Å². The van der Waals surface area contributed by atoms with E-state index in [9.17, 15) is 0 Å². The first-order chi connectivity index (χ1) is 8.45. The average molecular weight is 270 g/mol. The lowest BCUT2D eigenvalue weighted by Gasteiger charge is -2.28. The highest BCUT2D eigenvalue weighted by molar-refractivity contribution is 6.31. The van der Waals surface area contributed by atoms with Gasteiger partial charge in [0.15, 0.2) is 0 Å². The standard InChI is InChI=1S/C14H24ClN3/c1-5-18-11(13(15)10(2)17-18)9-16-12-7-6-8-14(12,3)4/h12,16H,5-9H2,1-4H3. The molecule has 1 fully saturated rings. The molecule has 1 heterocycles. The van der Waals surface area contributed by atoms with Crippen LogP contribution in [-0.4, -0.2) is 15.8 Å². The van der Waals surface area contributed by atoms with E-state index < -0.39 is 0 Å². The highest BCUT2D eigenvalue weighted by atomic mass is 35.5. The number of rotatable bonds is 4. The summed E-state index contributed by atoms with van der Waals surface area (Å²) >= 11 is 6.33. The lowest BCUT2D eigenvalue weighted by molar-refractivity contribution is 0.280. The molecule has 0 radical (unpaired) electrons. The summed E-state index contributed by atoms with van der Waals surface area (Å²) in [6, 6.07) is 0.592. The van der Waals surface area contributed by atoms with Crippen LogP contribution >= 0.6 is 11.6 Å². The molecular weight excluding hydrogens is 246 g/mol. The normalized spacial score (nSPS) is 22.6. The number of hydrogen-bond acceptors (Lipinski definition) is 2. The molecular formula is C14H24ClN3. The first-order valence-corrected chi connectivity index (χ1v) is 7.28. The minimum Gasteiger partial charge on any atom is -0.308 e. The zero-order chi connectivity index (χ0) is 13.3. The van der Waals surface area contributed by atoms with Crippen LogP contribution in [0.15, 0.2) is 0 Å². The van der Waals surface area contributed by atoms with E-state index in [4.69, 9.17) is 11.6 Å². The largest absolute Gasteiger partial charge is 0.308 e. The van der Waals surface area contributed by atoms with Crippen molar-refractivity contribution in [3.8, 4) is 0 Å². The molecule has 1 aliphatic carbocycles. The van der Waals surface area contributed by atoms with E-state index in [0.717, 1.165) is 29.5 Å². The number of aryl methyl sites for hydroxylation is 2. The molecule has 0 spiro atoms. The first kappa shape index (κ1) is 13.9. The van der Waals surface area contributed by atoms with Gasteiger partial charge in [0.05, 0.1) is 16.4 Å². The topological polar surface area (TPSA) is 29.9 Å². The van der Waals surface area contributed by atoms with E-state index in [1.165, 1.54) is 19.3 Å². The molecule has 0 saturated heterocycles. The Morgan fingerprint density at radius 2 is 2.22 bits per heavy atom. The van der Waals surface area contributed by atoms with Gasteiger partial charge in [0, 0.05) is 19.1 Å². The third-order valence-corrected chi connectivity index (χ3v) is 4.72. The molecule has 3 nitrogen and oxygen atoms in total. The Balaban J connectivity index is 2.06. The van der Waals surface area contributed by atoms with E-state index in [1.54, 1.807) is 0 Å². The van der Waals surface area contributed by atoms with Crippen LogP contribution in [0, 0.1) is 12.3 Å². The maximum Gasteiger partial charge on any atom is 0.0860 e. The predicted molar refractivity (Wildman–Crippen MR) is 75.9 cm³/mol. The zero-order valence-corrected chi connectivity index (χ0v) is 12.6. The molecule has 18 heavy (non-hydrogen) atoms. The minimum atomic E-state index is 0.401. The Morgan fingerprint density at radius 1 is 1.50 bits per heavy atom. The Kier molecular flexibility index (Phi) is 4.02. The van der Waals surface area contributed by atoms with Crippen molar-refractivity contribution in [3.63, 3.8) is 0 Å². The molecule has 2 rings (SSSR count). The summed E-state index contributed by atoms with van der Waals surface area (Å²) in [5.74, 6) is 0. The van der Waals surface area contributed by atoms with Crippen LogP contribution < -0.4 is 5.32 Å². The van der Waals surface area contributed by atoms with Gasteiger partial charge in [0.2, 0.25) is 0 Å². The van der Waals surface area contributed by atoms with Gasteiger partial charge in [0.25, 0.3) is 0 Å². The van der Waals surface area contributed by atoms with Gasteiger partial charge in [-0.25, -0.2) is 0 Å². The minimum absolute atomic E-state index is 0.401. The molecule has 1 aromatic rings. The van der Waals surface area contributed by atoms with Gasteiger partial charge in [0.1, 0.15) is 0 Å². The second kappa shape index (κ2) is 5.22. The first-order valence-electron chi connectivity index (χ1n) is 6.91. The molecule has 0 aromatic carbocycles. The smallest absolute Gasteiger partial charge is 0.0860 e. The quantitative estimate of drug-likeness (QED) is 0.906. The van der Waals surface area contributed by atoms with E-state index >= 15 is 0 Å². The summed E-state index contributed by atoms with van der Waals surface area (Å²) in [4.78, 5) is 0. The molecule has 1 atom stereocenters. The van der Waals surface area contributed by atoms with Crippen LogP contribution in [0.1, 0.15) is 51.4 Å². The van der Waals surface area contributed by atoms with Crippen molar-refractivity contribution in [1.82, 2.24) is 15.1 Å². The maximum atomic E-state index is 6.33. The number of nitrogens with one attached hydrogen (secondary N) is 1. The fourth-order valence-electron chi connectivity index (χ4n) is 2.96. The third kappa shape index (κ3) is 2.57. The van der Waals surface area contributed by atoms with Crippen molar-refractivity contribution in [2.45, 2.75) is 66.1 Å². The summed E-state index contributed by atoms with van der Waals surface area (Å²) in [5, 5.41) is 8.95. The lowest BCUT2D eigenvalue weighted by atomic mass is 9.87. The number of halogens is 1. The van der Waals surface area contributed by atoms with Crippen LogP contribution in [0.25, 0.3) is 0 Å². The summed E-state index contributed by atoms with van der Waals surface area (Å²) < 4.78 is 2.01. The van der Waals surface area contributed by atoms with Crippen molar-refractivity contribution in [2.75, 3.05) is 0 Å². The highest BCUT2D eigenvalue weighted by Gasteiger charge is 2.34. The SMILES string of the molecule is CCn1nc(C)c(Cl)c1CNC1CCCC1(C)C. The van der Waals surface area contributed by atoms with E-state index in [1.807, 2.05) is 11.6 Å². The molecule has 1 saturated carbocycles. The predicted octanol–water partition coefficient (Wildman–Crippen LogP) is 3.53. The monoisotopic (exact) mass is 269 g/mol. The molecule has 1 unspecified atom stereocenters. The molecule has 1 aromatic heterocycles. The van der Waals surface area contributed by atoms with Gasteiger partial charge < -0.3 is 5.32 Å². The molecule has 102 valence electrons. The number of aromatic nitrogens is 2. The molecule has 0 bridgehead atoms. The molecule has 0 amide bonds. The van der Waals surface area contributed by atoms with E-state index in [-0.39, 0.29) is 0 Å². The number of nitrogens with zero attached hydrogens (tertiary/aromatic N) is 2. The fourth-order valence-corrected chi connectivity index (χ4v) is 3.17. The van der Waals surface area contributed by atoms with Crippen LogP contribution in [0.5, 0.6) is 0 Å². The van der Waals surface area contributed by atoms with E-state index in [0.29, 0.717) is 11.5 Å². The molecule has 0 aliphatic heterocycles. The van der Waals surface area contributed by atoms with Gasteiger partial charge in [-0.15, -0.1) is 0 Å². The van der Waals surface area contributed by atoms with E-state index in [2.05, 4.69) is 31.2 Å². The second-order valence-electron chi connectivity index (χ2n) is 5.98. The van der Waals surface area contributed by atoms with Crippen molar-refractivity contribution in [1.29, 1.82) is 0 Å². The Hall–Kier alpha value is -0.540. The third-order valence-electron chi connectivity index (χ3n) is 4.23. The highest BCUT2D eigenvalue weighted by Crippen LogP contribution is 2.37. The lowest BCUT2D eigenvalue weighted by Crippen LogP contribution is -2.37.